The average Bonchev–Trinajstić information content (AvgIpc) is 2.98. The predicted molar refractivity (Wildman–Crippen MR) is 98.4 cm³/mol. The van der Waals surface area contributed by atoms with Crippen molar-refractivity contribution in [2.45, 2.75) is 43.2 Å². The zero-order valence-electron chi connectivity index (χ0n) is 13.9. The highest BCUT2D eigenvalue weighted by Crippen LogP contribution is 2.29. The molecular weight excluding hydrogens is 347 g/mol. The summed E-state index contributed by atoms with van der Waals surface area (Å²) in [6.07, 6.45) is 2.19. The van der Waals surface area contributed by atoms with Crippen LogP contribution in [-0.2, 0) is 4.79 Å². The van der Waals surface area contributed by atoms with E-state index in [1.54, 1.807) is 26.0 Å². The monoisotopic (exact) mass is 368 g/mol. The number of aromatic nitrogens is 2. The Hall–Kier alpha value is -1.67. The highest BCUT2D eigenvalue weighted by molar-refractivity contribution is 8.02. The maximum atomic E-state index is 13.5. The van der Waals surface area contributed by atoms with Gasteiger partial charge in [0.25, 0.3) is 0 Å². The molecule has 2 rings (SSSR count). The van der Waals surface area contributed by atoms with Crippen molar-refractivity contribution in [3.63, 3.8) is 0 Å². The zero-order valence-corrected chi connectivity index (χ0v) is 15.6. The van der Waals surface area contributed by atoms with Crippen LogP contribution in [-0.4, -0.2) is 27.9 Å². The van der Waals surface area contributed by atoms with E-state index in [9.17, 15) is 9.18 Å². The molecule has 0 aliphatic rings. The summed E-state index contributed by atoms with van der Waals surface area (Å²) in [6, 6.07) is 4.65. The van der Waals surface area contributed by atoms with Gasteiger partial charge in [-0.3, -0.25) is 4.79 Å². The highest BCUT2D eigenvalue weighted by Gasteiger charge is 2.17. The van der Waals surface area contributed by atoms with Crippen molar-refractivity contribution in [3.8, 4) is 0 Å². The van der Waals surface area contributed by atoms with Crippen molar-refractivity contribution in [1.82, 2.24) is 10.2 Å². The van der Waals surface area contributed by atoms with Crippen LogP contribution in [0, 0.1) is 12.7 Å². The van der Waals surface area contributed by atoms with E-state index < -0.39 is 0 Å². The quantitative estimate of drug-likeness (QED) is 0.537. The van der Waals surface area contributed by atoms with Gasteiger partial charge < -0.3 is 10.6 Å². The number of halogens is 1. The van der Waals surface area contributed by atoms with Crippen molar-refractivity contribution < 1.29 is 9.18 Å². The highest BCUT2D eigenvalue weighted by atomic mass is 32.2. The number of rotatable bonds is 8. The molecule has 130 valence electrons. The summed E-state index contributed by atoms with van der Waals surface area (Å²) in [5.41, 5.74) is 1.00. The van der Waals surface area contributed by atoms with Crippen molar-refractivity contribution in [1.29, 1.82) is 0 Å². The molecule has 8 heteroatoms. The van der Waals surface area contributed by atoms with Crippen molar-refractivity contribution in [3.05, 3.63) is 29.6 Å². The van der Waals surface area contributed by atoms with Crippen LogP contribution in [0.25, 0.3) is 0 Å². The van der Waals surface area contributed by atoms with Gasteiger partial charge >= 0.3 is 0 Å². The lowest BCUT2D eigenvalue weighted by Crippen LogP contribution is -2.22. The van der Waals surface area contributed by atoms with Crippen LogP contribution in [0.1, 0.15) is 32.3 Å². The Morgan fingerprint density at radius 2 is 2.21 bits per heavy atom. The molecule has 0 saturated heterocycles. The van der Waals surface area contributed by atoms with Gasteiger partial charge in [0.05, 0.1) is 5.25 Å². The van der Waals surface area contributed by atoms with E-state index in [1.165, 1.54) is 29.2 Å². The molecule has 0 aliphatic carbocycles. The Bertz CT molecular complexity index is 692. The van der Waals surface area contributed by atoms with E-state index in [2.05, 4.69) is 27.8 Å². The fourth-order valence-corrected chi connectivity index (χ4v) is 3.74. The largest absolute Gasteiger partial charge is 0.360 e. The number of aryl methyl sites for hydroxylation is 1. The Labute approximate surface area is 149 Å². The first kappa shape index (κ1) is 18.7. The average molecular weight is 369 g/mol. The molecule has 2 aromatic rings. The van der Waals surface area contributed by atoms with Gasteiger partial charge in [-0.1, -0.05) is 42.5 Å². The van der Waals surface area contributed by atoms with Crippen LogP contribution >= 0.6 is 23.1 Å². The van der Waals surface area contributed by atoms with Crippen molar-refractivity contribution in [2.24, 2.45) is 0 Å². The minimum absolute atomic E-state index is 0.195. The lowest BCUT2D eigenvalue weighted by molar-refractivity contribution is -0.115. The minimum Gasteiger partial charge on any atom is -0.360 e. The van der Waals surface area contributed by atoms with Gasteiger partial charge in [0.15, 0.2) is 4.34 Å². The molecule has 0 spiro atoms. The number of carbonyl (C=O) groups is 1. The van der Waals surface area contributed by atoms with E-state index >= 15 is 0 Å². The maximum absolute atomic E-state index is 13.5. The number of nitrogens with zero attached hydrogens (tertiary/aromatic N) is 2. The Morgan fingerprint density at radius 3 is 2.92 bits per heavy atom. The molecule has 1 atom stereocenters. The third kappa shape index (κ3) is 5.45. The van der Waals surface area contributed by atoms with Crippen LogP contribution in [0.15, 0.2) is 22.5 Å². The smallest absolute Gasteiger partial charge is 0.237 e. The molecule has 5 nitrogen and oxygen atoms in total. The summed E-state index contributed by atoms with van der Waals surface area (Å²) >= 11 is 2.77. The van der Waals surface area contributed by atoms with Gasteiger partial charge in [-0.25, -0.2) is 4.39 Å². The summed E-state index contributed by atoms with van der Waals surface area (Å²) < 4.78 is 14.3. The molecule has 0 bridgehead atoms. The molecule has 0 unspecified atom stereocenters. The molecule has 0 fully saturated rings. The van der Waals surface area contributed by atoms with E-state index in [1.807, 2.05) is 0 Å². The number of thioether (sulfide) groups is 1. The standard InChI is InChI=1S/C16H21FN4OS2/c1-4-5-8-18-15-20-21-16(24-15)23-11(3)14(22)19-12-7-6-10(2)13(17)9-12/h6-7,9,11H,4-5,8H2,1-3H3,(H,18,20)(H,19,22)/t11-/m0/s1. The summed E-state index contributed by atoms with van der Waals surface area (Å²) in [7, 11) is 0. The number of anilines is 2. The number of amides is 1. The van der Waals surface area contributed by atoms with Gasteiger partial charge in [-0.05, 0) is 38.0 Å². The lowest BCUT2D eigenvalue weighted by atomic mass is 10.2. The van der Waals surface area contributed by atoms with Crippen molar-refractivity contribution in [2.75, 3.05) is 17.2 Å². The van der Waals surface area contributed by atoms with E-state index in [4.69, 9.17) is 0 Å². The fourth-order valence-electron chi connectivity index (χ4n) is 1.82. The molecule has 1 aromatic heterocycles. The first-order chi connectivity index (χ1) is 11.5. The topological polar surface area (TPSA) is 66.9 Å². The van der Waals surface area contributed by atoms with Crippen LogP contribution in [0.3, 0.4) is 0 Å². The molecule has 0 saturated carbocycles. The summed E-state index contributed by atoms with van der Waals surface area (Å²) in [5, 5.41) is 14.5. The zero-order chi connectivity index (χ0) is 17.5. The molecule has 1 aromatic carbocycles. The normalized spacial score (nSPS) is 12.0. The molecule has 0 radical (unpaired) electrons. The fraction of sp³-hybridized carbons (Fsp3) is 0.438. The molecule has 24 heavy (non-hydrogen) atoms. The molecule has 0 aliphatic heterocycles. The van der Waals surface area contributed by atoms with Crippen molar-refractivity contribution >= 4 is 39.8 Å². The van der Waals surface area contributed by atoms with Crippen LogP contribution in [0.2, 0.25) is 0 Å². The number of unbranched alkanes of at least 4 members (excludes halogenated alkanes) is 1. The lowest BCUT2D eigenvalue weighted by Gasteiger charge is -2.10. The number of nitrogens with one attached hydrogen (secondary N) is 2. The second-order valence-corrected chi connectivity index (χ2v) is 7.93. The summed E-state index contributed by atoms with van der Waals surface area (Å²) in [4.78, 5) is 12.2. The van der Waals surface area contributed by atoms with Gasteiger partial charge in [-0.15, -0.1) is 10.2 Å². The summed E-state index contributed by atoms with van der Waals surface area (Å²) in [5.74, 6) is -0.529. The maximum Gasteiger partial charge on any atom is 0.237 e. The van der Waals surface area contributed by atoms with Gasteiger partial charge in [0.2, 0.25) is 11.0 Å². The van der Waals surface area contributed by atoms with Crippen LogP contribution < -0.4 is 10.6 Å². The van der Waals surface area contributed by atoms with Crippen LogP contribution in [0.5, 0.6) is 0 Å². The SMILES string of the molecule is CCCCNc1nnc(S[C@@H](C)C(=O)Nc2ccc(C)c(F)c2)s1. The second kappa shape index (κ2) is 8.98. The number of carbonyl (C=O) groups excluding carboxylic acids is 1. The first-order valence-corrected chi connectivity index (χ1v) is 9.50. The van der Waals surface area contributed by atoms with Gasteiger partial charge in [-0.2, -0.15) is 0 Å². The predicted octanol–water partition coefficient (Wildman–Crippen LogP) is 4.32. The van der Waals surface area contributed by atoms with Crippen LogP contribution in [0.4, 0.5) is 15.2 Å². The molecular formula is C16H21FN4OS2. The summed E-state index contributed by atoms with van der Waals surface area (Å²) in [6.45, 7) is 6.46. The number of hydrogen-bond donors (Lipinski definition) is 2. The van der Waals surface area contributed by atoms with Gasteiger partial charge in [0, 0.05) is 12.2 Å². The van der Waals surface area contributed by atoms with E-state index in [0.29, 0.717) is 11.3 Å². The first-order valence-electron chi connectivity index (χ1n) is 7.80. The molecule has 1 heterocycles. The Balaban J connectivity index is 1.88. The van der Waals surface area contributed by atoms with Gasteiger partial charge in [0.1, 0.15) is 5.82 Å². The third-order valence-corrected chi connectivity index (χ3v) is 5.36. The second-order valence-electron chi connectivity index (χ2n) is 5.37. The van der Waals surface area contributed by atoms with E-state index in [-0.39, 0.29) is 17.0 Å². The Kier molecular flexibility index (Phi) is 6.99. The van der Waals surface area contributed by atoms with E-state index in [0.717, 1.165) is 28.9 Å². The third-order valence-electron chi connectivity index (χ3n) is 3.30. The number of hydrogen-bond acceptors (Lipinski definition) is 6. The minimum atomic E-state index is -0.356. The molecule has 1 amide bonds. The molecule has 2 N–H and O–H groups in total. The Morgan fingerprint density at radius 1 is 1.42 bits per heavy atom. The number of benzene rings is 1.